The number of carbonyl (C=O) groups excluding carboxylic acids is 2. The largest absolute Gasteiger partial charge is 0.481 e. The van der Waals surface area contributed by atoms with Crippen molar-refractivity contribution in [1.29, 1.82) is 0 Å². The molecule has 4 fully saturated rings. The first kappa shape index (κ1) is 40.9. The summed E-state index contributed by atoms with van der Waals surface area (Å²) in [6.45, 7) is 21.2. The minimum absolute atomic E-state index is 0.0675. The predicted octanol–water partition coefficient (Wildman–Crippen LogP) is 8.23. The Kier molecular flexibility index (Phi) is 10.4. The number of rotatable bonds is 11. The molecule has 0 unspecified atom stereocenters. The summed E-state index contributed by atoms with van der Waals surface area (Å²) in [4.78, 5) is 41.0. The summed E-state index contributed by atoms with van der Waals surface area (Å²) in [6, 6.07) is 3.15. The molecule has 5 N–H and O–H groups in total. The van der Waals surface area contributed by atoms with Gasteiger partial charge in [0, 0.05) is 18.3 Å². The number of nitrogens with one attached hydrogen (secondary N) is 1. The number of Topliss-reactive ketones (excluding diaryl/α,β-unsaturated/α-hetero) is 1. The second-order valence-electron chi connectivity index (χ2n) is 20.4. The minimum Gasteiger partial charge on any atom is -0.481 e. The van der Waals surface area contributed by atoms with Gasteiger partial charge in [0.15, 0.2) is 5.78 Å². The van der Waals surface area contributed by atoms with Gasteiger partial charge in [-0.25, -0.2) is 4.98 Å². The van der Waals surface area contributed by atoms with E-state index < -0.39 is 23.4 Å². The zero-order valence-corrected chi connectivity index (χ0v) is 35.0. The third-order valence-electron chi connectivity index (χ3n) is 17.7. The van der Waals surface area contributed by atoms with Crippen LogP contribution in [0.5, 0.6) is 5.88 Å². The number of carboxylic acid groups (broad SMARTS) is 1. The van der Waals surface area contributed by atoms with Gasteiger partial charge >= 0.3 is 5.97 Å². The number of primary amides is 1. The molecule has 0 saturated heterocycles. The lowest BCUT2D eigenvalue weighted by molar-refractivity contribution is -0.221. The van der Waals surface area contributed by atoms with Gasteiger partial charge in [0.25, 0.3) is 5.91 Å². The smallest absolute Gasteiger partial charge is 0.313 e. The third-order valence-corrected chi connectivity index (χ3v) is 17.7. The number of hydrogen-bond donors (Lipinski definition) is 4. The second kappa shape index (κ2) is 14.2. The number of carboxylic acids is 1. The molecule has 9 nitrogen and oxygen atoms in total. The van der Waals surface area contributed by atoms with Crippen LogP contribution in [0.1, 0.15) is 136 Å². The fourth-order valence-electron chi connectivity index (χ4n) is 14.5. The number of carbonyl (C=O) groups is 3. The van der Waals surface area contributed by atoms with Gasteiger partial charge in [0.2, 0.25) is 5.88 Å². The zero-order valence-electron chi connectivity index (χ0n) is 35.0. The van der Waals surface area contributed by atoms with Gasteiger partial charge in [-0.1, -0.05) is 58.9 Å². The van der Waals surface area contributed by atoms with Gasteiger partial charge < -0.3 is 26.0 Å². The Labute approximate surface area is 334 Å². The van der Waals surface area contributed by atoms with E-state index in [0.717, 1.165) is 32.1 Å². The number of fused-ring (bicyclic) bond motifs is 7. The Hall–Kier alpha value is -3.30. The van der Waals surface area contributed by atoms with Crippen molar-refractivity contribution in [1.82, 2.24) is 10.3 Å². The maximum absolute atomic E-state index is 12.8. The molecule has 1 aromatic heterocycles. The number of ketones is 1. The number of aliphatic carboxylic acids is 1. The van der Waals surface area contributed by atoms with E-state index in [1.165, 1.54) is 55.5 Å². The molecule has 6 aliphatic rings. The summed E-state index contributed by atoms with van der Waals surface area (Å²) in [5.41, 5.74) is 8.86. The number of nitrogens with zero attached hydrogens (tertiary/aromatic N) is 1. The van der Waals surface area contributed by atoms with Crippen molar-refractivity contribution in [3.05, 3.63) is 59.3 Å². The number of nitrogens with two attached hydrogens (primary N) is 1. The van der Waals surface area contributed by atoms with Crippen molar-refractivity contribution >= 4 is 17.7 Å². The monoisotopic (exact) mass is 770 g/mol. The molecule has 0 spiro atoms. The number of amides is 1. The molecular formula is C47H67N3O6. The van der Waals surface area contributed by atoms with E-state index in [1.807, 2.05) is 0 Å². The molecule has 56 heavy (non-hydrogen) atoms. The molecule has 9 heteroatoms. The summed E-state index contributed by atoms with van der Waals surface area (Å²) in [7, 11) is 0. The van der Waals surface area contributed by atoms with Gasteiger partial charge in [-0.05, 0) is 165 Å². The first-order valence-electron chi connectivity index (χ1n) is 21.4. The molecule has 0 aromatic carbocycles. The molecule has 6 aliphatic carbocycles. The fourth-order valence-corrected chi connectivity index (χ4v) is 14.5. The number of allylic oxidation sites excluding steroid dienone is 5. The lowest BCUT2D eigenvalue weighted by Crippen LogP contribution is -2.68. The zero-order chi connectivity index (χ0) is 40.6. The standard InChI is InChI=1S/C47H67N3O6/c1-28(2)31-15-22-47(50-26-35(52)29(3)51)24-23-44(7)34(38(31)47)11-12-37-43(6)18-16-33(42(4,5)36(43)17-19-45(37,44)8)30-13-20-46(21-14-30,41(54)55)27-56-40-32(39(48)53)10-9-25-49-40/h9-10,13,16,25,31,34-38,50,52H,1,11-12,14-15,17-24,26-27H2,2-8H3,(H2,48,53)(H,54,55)/t31-,34+,35-,36-,37+,38+,43-,44+,45+,46-,47-/m0/s1. The summed E-state index contributed by atoms with van der Waals surface area (Å²) in [5.74, 6) is 0.889. The van der Waals surface area contributed by atoms with Gasteiger partial charge in [-0.2, -0.15) is 0 Å². The molecule has 11 atom stereocenters. The van der Waals surface area contributed by atoms with Gasteiger partial charge in [0.1, 0.15) is 23.7 Å². The van der Waals surface area contributed by atoms with Crippen LogP contribution in [0.4, 0.5) is 0 Å². The highest BCUT2D eigenvalue weighted by molar-refractivity contribution is 5.95. The molecular weight excluding hydrogens is 703 g/mol. The Morgan fingerprint density at radius 3 is 2.36 bits per heavy atom. The maximum Gasteiger partial charge on any atom is 0.313 e. The third kappa shape index (κ3) is 6.15. The van der Waals surface area contributed by atoms with E-state index in [0.29, 0.717) is 55.4 Å². The molecule has 0 radical (unpaired) electrons. The minimum atomic E-state index is -1.12. The van der Waals surface area contributed by atoms with Crippen molar-refractivity contribution in [2.45, 2.75) is 137 Å². The van der Waals surface area contributed by atoms with Crippen LogP contribution in [0.3, 0.4) is 0 Å². The van der Waals surface area contributed by atoms with E-state index in [9.17, 15) is 24.6 Å². The Morgan fingerprint density at radius 2 is 1.71 bits per heavy atom. The first-order chi connectivity index (χ1) is 26.3. The number of aliphatic hydroxyl groups excluding tert-OH is 1. The van der Waals surface area contributed by atoms with Crippen molar-refractivity contribution in [3.63, 3.8) is 0 Å². The number of hydrogen-bond acceptors (Lipinski definition) is 7. The van der Waals surface area contributed by atoms with E-state index in [4.69, 9.17) is 10.5 Å². The van der Waals surface area contributed by atoms with Crippen LogP contribution in [0, 0.1) is 56.7 Å². The van der Waals surface area contributed by atoms with Crippen LogP contribution in [-0.4, -0.2) is 57.7 Å². The predicted molar refractivity (Wildman–Crippen MR) is 218 cm³/mol. The first-order valence-corrected chi connectivity index (χ1v) is 21.4. The van der Waals surface area contributed by atoms with E-state index >= 15 is 0 Å². The Bertz CT molecular complexity index is 1850. The SMILES string of the molecule is C=C(C)[C@@H]1CC[C@]2(NC[C@H](O)C(C)=O)CC[C@]3(C)[C@H](CC[C@@H]4[C@@]5(C)CC=C(C6=CC[C@](COc7ncccc7C(N)=O)(C(=O)O)CC6)C(C)(C)[C@@H]5CC[C@]43C)[C@@H]12. The van der Waals surface area contributed by atoms with Crippen LogP contribution in [-0.2, 0) is 9.59 Å². The van der Waals surface area contributed by atoms with Gasteiger partial charge in [0.05, 0.1) is 0 Å². The summed E-state index contributed by atoms with van der Waals surface area (Å²) < 4.78 is 5.92. The lowest BCUT2D eigenvalue weighted by Gasteiger charge is -2.72. The summed E-state index contributed by atoms with van der Waals surface area (Å²) in [5, 5.41) is 24.9. The Morgan fingerprint density at radius 1 is 0.964 bits per heavy atom. The number of pyridine rings is 1. The topological polar surface area (TPSA) is 152 Å². The van der Waals surface area contributed by atoms with Crippen molar-refractivity contribution in [3.8, 4) is 5.88 Å². The second-order valence-corrected chi connectivity index (χ2v) is 20.4. The molecule has 1 amide bonds. The number of aromatic nitrogens is 1. The molecule has 1 aromatic rings. The van der Waals surface area contributed by atoms with Gasteiger partial charge in [-0.3, -0.25) is 14.4 Å². The average Bonchev–Trinajstić information content (AvgIpc) is 3.53. The van der Waals surface area contributed by atoms with E-state index in [2.05, 4.69) is 70.6 Å². The molecule has 306 valence electrons. The van der Waals surface area contributed by atoms with Crippen LogP contribution in [0.15, 0.2) is 53.8 Å². The quantitative estimate of drug-likeness (QED) is 0.164. The van der Waals surface area contributed by atoms with Crippen LogP contribution in [0.25, 0.3) is 0 Å². The molecule has 7 rings (SSSR count). The van der Waals surface area contributed by atoms with Crippen LogP contribution in [0.2, 0.25) is 0 Å². The lowest BCUT2D eigenvalue weighted by atomic mass is 9.33. The fraction of sp³-hybridized carbons (Fsp3) is 0.702. The van der Waals surface area contributed by atoms with Crippen LogP contribution >= 0.6 is 0 Å². The summed E-state index contributed by atoms with van der Waals surface area (Å²) >= 11 is 0. The highest BCUT2D eigenvalue weighted by atomic mass is 16.5. The highest BCUT2D eigenvalue weighted by Crippen LogP contribution is 2.76. The average molecular weight is 770 g/mol. The number of β-amino-alcohol motifs (C(OH)–C–C–N with tert-alkyl or cyclic N) is 1. The molecule has 0 bridgehead atoms. The molecule has 1 heterocycles. The number of aliphatic hydroxyl groups is 1. The normalized spacial score (nSPS) is 40.4. The number of ether oxygens (including phenoxy) is 1. The summed E-state index contributed by atoms with van der Waals surface area (Å²) in [6.07, 6.45) is 16.9. The molecule has 4 saturated carbocycles. The van der Waals surface area contributed by atoms with Gasteiger partial charge in [-0.15, -0.1) is 0 Å². The van der Waals surface area contributed by atoms with E-state index in [-0.39, 0.29) is 51.0 Å². The highest BCUT2D eigenvalue weighted by Gasteiger charge is 2.70. The van der Waals surface area contributed by atoms with Crippen molar-refractivity contribution in [2.75, 3.05) is 13.2 Å². The van der Waals surface area contributed by atoms with Crippen molar-refractivity contribution in [2.24, 2.45) is 62.4 Å². The van der Waals surface area contributed by atoms with Crippen molar-refractivity contribution < 1.29 is 29.3 Å². The van der Waals surface area contributed by atoms with Crippen LogP contribution < -0.4 is 15.8 Å². The maximum atomic E-state index is 12.8. The Balaban J connectivity index is 1.13. The van der Waals surface area contributed by atoms with E-state index in [1.54, 1.807) is 12.1 Å². The molecule has 0 aliphatic heterocycles.